The van der Waals surface area contributed by atoms with Crippen LogP contribution in [0.15, 0.2) is 76.5 Å². The Balaban J connectivity index is 1.65. The molecule has 7 heteroatoms. The third kappa shape index (κ3) is 4.33. The summed E-state index contributed by atoms with van der Waals surface area (Å²) in [6.45, 7) is 0.521. The van der Waals surface area contributed by atoms with Crippen molar-refractivity contribution in [1.29, 1.82) is 5.26 Å². The number of methoxy groups -OCH3 is 1. The third-order valence-electron chi connectivity index (χ3n) is 4.36. The monoisotopic (exact) mass is 402 g/mol. The van der Waals surface area contributed by atoms with Crippen LogP contribution in [0.2, 0.25) is 0 Å². The van der Waals surface area contributed by atoms with E-state index in [9.17, 15) is 0 Å². The number of furan rings is 1. The summed E-state index contributed by atoms with van der Waals surface area (Å²) in [6.07, 6.45) is 1.66. The number of hydrogen-bond donors (Lipinski definition) is 0. The first-order valence-electron chi connectivity index (χ1n) is 8.98. The summed E-state index contributed by atoms with van der Waals surface area (Å²) in [6, 6.07) is 21.3. The molecule has 0 atom stereocenters. The Morgan fingerprint density at radius 2 is 2.00 bits per heavy atom. The van der Waals surface area contributed by atoms with Gasteiger partial charge in [0, 0.05) is 11.3 Å². The van der Waals surface area contributed by atoms with Gasteiger partial charge in [0.25, 0.3) is 0 Å². The van der Waals surface area contributed by atoms with Crippen LogP contribution < -0.4 is 4.74 Å². The average molecular weight is 402 g/mol. The van der Waals surface area contributed by atoms with Crippen LogP contribution in [0.25, 0.3) is 11.4 Å². The molecule has 0 unspecified atom stereocenters. The Morgan fingerprint density at radius 3 is 2.79 bits per heavy atom. The van der Waals surface area contributed by atoms with E-state index in [0.29, 0.717) is 17.9 Å². The maximum Gasteiger partial charge on any atom is 0.192 e. The molecule has 2 heterocycles. The summed E-state index contributed by atoms with van der Waals surface area (Å²) >= 11 is 1.57. The van der Waals surface area contributed by atoms with Gasteiger partial charge in [0.15, 0.2) is 11.0 Å². The maximum absolute atomic E-state index is 9.10. The fourth-order valence-corrected chi connectivity index (χ4v) is 3.83. The molecule has 4 rings (SSSR count). The highest BCUT2D eigenvalue weighted by atomic mass is 32.2. The molecule has 144 valence electrons. The lowest BCUT2D eigenvalue weighted by molar-refractivity contribution is 0.415. The Labute approximate surface area is 172 Å². The van der Waals surface area contributed by atoms with E-state index in [0.717, 1.165) is 33.6 Å². The molecule has 0 aliphatic heterocycles. The Morgan fingerprint density at radius 1 is 1.10 bits per heavy atom. The van der Waals surface area contributed by atoms with E-state index in [1.54, 1.807) is 31.2 Å². The van der Waals surface area contributed by atoms with Gasteiger partial charge in [-0.1, -0.05) is 36.0 Å². The van der Waals surface area contributed by atoms with Crippen molar-refractivity contribution in [2.24, 2.45) is 0 Å². The molecule has 29 heavy (non-hydrogen) atoms. The van der Waals surface area contributed by atoms with Crippen molar-refractivity contribution in [3.05, 3.63) is 83.8 Å². The lowest BCUT2D eigenvalue weighted by Gasteiger charge is -2.10. The van der Waals surface area contributed by atoms with E-state index < -0.39 is 0 Å². The summed E-state index contributed by atoms with van der Waals surface area (Å²) in [5.41, 5.74) is 2.63. The quantitative estimate of drug-likeness (QED) is 0.415. The molecule has 4 aromatic rings. The predicted octanol–water partition coefficient (Wildman–Crippen LogP) is 4.76. The predicted molar refractivity (Wildman–Crippen MR) is 111 cm³/mol. The fourth-order valence-electron chi connectivity index (χ4n) is 2.95. The standard InChI is InChI=1S/C22H18N4O2S/c1-27-19-8-3-7-18(12-19)21-24-25-22(26(21)14-20-9-4-10-28-20)29-15-17-6-2-5-16(11-17)13-23/h2-12H,14-15H2,1H3. The number of rotatable bonds is 7. The van der Waals surface area contributed by atoms with Crippen molar-refractivity contribution >= 4 is 11.8 Å². The minimum atomic E-state index is 0.521. The SMILES string of the molecule is COc1cccc(-c2nnc(SCc3cccc(C#N)c3)n2Cc2ccco2)c1. The molecule has 0 fully saturated rings. The minimum Gasteiger partial charge on any atom is -0.497 e. The van der Waals surface area contributed by atoms with Gasteiger partial charge in [0.2, 0.25) is 0 Å². The van der Waals surface area contributed by atoms with Crippen LogP contribution in [0.5, 0.6) is 5.75 Å². The number of hydrogen-bond acceptors (Lipinski definition) is 6. The van der Waals surface area contributed by atoms with Crippen LogP contribution in [0, 0.1) is 11.3 Å². The van der Waals surface area contributed by atoms with Gasteiger partial charge in [-0.25, -0.2) is 0 Å². The Hall–Kier alpha value is -3.50. The zero-order chi connectivity index (χ0) is 20.1. The van der Waals surface area contributed by atoms with Crippen molar-refractivity contribution in [2.75, 3.05) is 7.11 Å². The first-order chi connectivity index (χ1) is 14.3. The zero-order valence-electron chi connectivity index (χ0n) is 15.8. The molecule has 0 bridgehead atoms. The molecule has 0 aliphatic carbocycles. The first-order valence-corrected chi connectivity index (χ1v) is 9.97. The van der Waals surface area contributed by atoms with Crippen LogP contribution in [0.3, 0.4) is 0 Å². The van der Waals surface area contributed by atoms with Crippen LogP contribution in [0.4, 0.5) is 0 Å². The highest BCUT2D eigenvalue weighted by Gasteiger charge is 2.16. The van der Waals surface area contributed by atoms with Gasteiger partial charge in [0.1, 0.15) is 11.5 Å². The van der Waals surface area contributed by atoms with Crippen LogP contribution in [-0.4, -0.2) is 21.9 Å². The van der Waals surface area contributed by atoms with Gasteiger partial charge in [-0.2, -0.15) is 5.26 Å². The second kappa shape index (κ2) is 8.67. The molecule has 0 aliphatic rings. The molecule has 0 saturated carbocycles. The van der Waals surface area contributed by atoms with Crippen LogP contribution in [0.1, 0.15) is 16.9 Å². The minimum absolute atomic E-state index is 0.521. The topological polar surface area (TPSA) is 76.9 Å². The summed E-state index contributed by atoms with van der Waals surface area (Å²) in [5, 5.41) is 18.7. The van der Waals surface area contributed by atoms with Crippen molar-refractivity contribution < 1.29 is 9.15 Å². The number of nitriles is 1. The van der Waals surface area contributed by atoms with Crippen LogP contribution >= 0.6 is 11.8 Å². The number of nitrogens with zero attached hydrogens (tertiary/aromatic N) is 4. The number of ether oxygens (including phenoxy) is 1. The lowest BCUT2D eigenvalue weighted by Crippen LogP contribution is -2.03. The second-order valence-electron chi connectivity index (χ2n) is 6.30. The maximum atomic E-state index is 9.10. The molecule has 2 aromatic heterocycles. The van der Waals surface area contributed by atoms with E-state index in [4.69, 9.17) is 14.4 Å². The molecular weight excluding hydrogens is 384 g/mol. The number of benzene rings is 2. The highest BCUT2D eigenvalue weighted by molar-refractivity contribution is 7.98. The average Bonchev–Trinajstić information content (AvgIpc) is 3.43. The smallest absolute Gasteiger partial charge is 0.192 e. The third-order valence-corrected chi connectivity index (χ3v) is 5.40. The normalized spacial score (nSPS) is 10.6. The Kier molecular flexibility index (Phi) is 5.63. The van der Waals surface area contributed by atoms with Gasteiger partial charge in [-0.15, -0.1) is 10.2 Å². The number of thioether (sulfide) groups is 1. The van der Waals surface area contributed by atoms with Crippen molar-refractivity contribution in [3.8, 4) is 23.2 Å². The first kappa shape index (κ1) is 18.8. The second-order valence-corrected chi connectivity index (χ2v) is 7.25. The van der Waals surface area contributed by atoms with Gasteiger partial charge < -0.3 is 9.15 Å². The zero-order valence-corrected chi connectivity index (χ0v) is 16.6. The van der Waals surface area contributed by atoms with E-state index in [-0.39, 0.29) is 0 Å². The van der Waals surface area contributed by atoms with Crippen molar-refractivity contribution in [2.45, 2.75) is 17.5 Å². The molecular formula is C22H18N4O2S. The van der Waals surface area contributed by atoms with E-state index in [1.807, 2.05) is 59.2 Å². The largest absolute Gasteiger partial charge is 0.497 e. The van der Waals surface area contributed by atoms with Gasteiger partial charge in [-0.05, 0) is 42.0 Å². The van der Waals surface area contributed by atoms with Gasteiger partial charge >= 0.3 is 0 Å². The summed E-state index contributed by atoms with van der Waals surface area (Å²) < 4.78 is 12.9. The van der Waals surface area contributed by atoms with Gasteiger partial charge in [0.05, 0.1) is 31.6 Å². The van der Waals surface area contributed by atoms with E-state index in [2.05, 4.69) is 16.3 Å². The molecule has 2 aromatic carbocycles. The molecule has 0 saturated heterocycles. The molecule has 0 spiro atoms. The fraction of sp³-hybridized carbons (Fsp3) is 0.136. The Bertz CT molecular complexity index is 1150. The molecule has 0 amide bonds. The molecule has 6 nitrogen and oxygen atoms in total. The summed E-state index contributed by atoms with van der Waals surface area (Å²) in [7, 11) is 1.64. The van der Waals surface area contributed by atoms with Gasteiger partial charge in [-0.3, -0.25) is 4.57 Å². The van der Waals surface area contributed by atoms with Crippen LogP contribution in [-0.2, 0) is 12.3 Å². The summed E-state index contributed by atoms with van der Waals surface area (Å²) in [4.78, 5) is 0. The van der Waals surface area contributed by atoms with E-state index in [1.165, 1.54) is 0 Å². The summed E-state index contributed by atoms with van der Waals surface area (Å²) in [5.74, 6) is 3.01. The van der Waals surface area contributed by atoms with Crippen molar-refractivity contribution in [3.63, 3.8) is 0 Å². The van der Waals surface area contributed by atoms with E-state index >= 15 is 0 Å². The molecule has 0 radical (unpaired) electrons. The van der Waals surface area contributed by atoms with Crippen molar-refractivity contribution in [1.82, 2.24) is 14.8 Å². The molecule has 0 N–H and O–H groups in total. The lowest BCUT2D eigenvalue weighted by atomic mass is 10.2. The number of aromatic nitrogens is 3. The highest BCUT2D eigenvalue weighted by Crippen LogP contribution is 2.29.